The Morgan fingerprint density at radius 3 is 2.48 bits per heavy atom. The Balaban J connectivity index is 1.72. The van der Waals surface area contributed by atoms with Crippen molar-refractivity contribution in [2.75, 3.05) is 11.8 Å². The first-order valence-corrected chi connectivity index (χ1v) is 11.3. The molecule has 0 aliphatic rings. The molecule has 8 nitrogen and oxygen atoms in total. The fraction of sp³-hybridized carbons (Fsp3) is 0.0909. The van der Waals surface area contributed by atoms with Gasteiger partial charge in [-0.1, -0.05) is 35.9 Å². The Bertz CT molecular complexity index is 1300. The van der Waals surface area contributed by atoms with Crippen LogP contribution in [-0.2, 0) is 21.2 Å². The van der Waals surface area contributed by atoms with Crippen LogP contribution in [0.4, 0.5) is 10.1 Å². The van der Waals surface area contributed by atoms with Gasteiger partial charge in [-0.25, -0.2) is 12.8 Å². The van der Waals surface area contributed by atoms with Crippen LogP contribution in [0.15, 0.2) is 71.6 Å². The summed E-state index contributed by atoms with van der Waals surface area (Å²) < 4.78 is 46.5. The molecule has 3 aromatic rings. The van der Waals surface area contributed by atoms with Crippen molar-refractivity contribution < 1.29 is 27.1 Å². The number of anilines is 1. The van der Waals surface area contributed by atoms with E-state index in [0.29, 0.717) is 11.3 Å². The van der Waals surface area contributed by atoms with Crippen molar-refractivity contribution in [2.24, 2.45) is 0 Å². The lowest BCUT2D eigenvalue weighted by Crippen LogP contribution is -2.42. The predicted molar refractivity (Wildman–Crippen MR) is 121 cm³/mol. The Labute approximate surface area is 194 Å². The summed E-state index contributed by atoms with van der Waals surface area (Å²) in [5, 5.41) is -0.107. The normalized spacial score (nSPS) is 10.9. The molecule has 2 amide bonds. The zero-order valence-corrected chi connectivity index (χ0v) is 18.8. The topological polar surface area (TPSA) is 114 Å². The van der Waals surface area contributed by atoms with Crippen molar-refractivity contribution in [1.82, 2.24) is 10.9 Å². The average Bonchev–Trinajstić information content (AvgIpc) is 2.77. The molecule has 0 saturated carbocycles. The maximum atomic E-state index is 13.2. The van der Waals surface area contributed by atoms with Crippen LogP contribution in [0.2, 0.25) is 5.02 Å². The zero-order valence-electron chi connectivity index (χ0n) is 17.3. The monoisotopic (exact) mass is 491 g/mol. The summed E-state index contributed by atoms with van der Waals surface area (Å²) >= 11 is 6.07. The van der Waals surface area contributed by atoms with E-state index in [-0.39, 0.29) is 27.6 Å². The number of hydrazine groups is 1. The first-order valence-electron chi connectivity index (χ1n) is 9.48. The van der Waals surface area contributed by atoms with Crippen LogP contribution >= 0.6 is 11.6 Å². The van der Waals surface area contributed by atoms with Gasteiger partial charge >= 0.3 is 0 Å². The summed E-state index contributed by atoms with van der Waals surface area (Å²) in [6.07, 6.45) is -0.166. The number of carbonyl (C=O) groups is 2. The second-order valence-corrected chi connectivity index (χ2v) is 8.82. The SMILES string of the molecule is COc1ccccc1NS(=O)(=O)c1cc(C(=O)NNC(=O)Cc2cccc(F)c2)ccc1Cl. The maximum absolute atomic E-state index is 13.2. The number of hydrogen-bond acceptors (Lipinski definition) is 5. The molecular weight excluding hydrogens is 473 g/mol. The molecule has 11 heteroatoms. The van der Waals surface area contributed by atoms with Crippen LogP contribution in [0.5, 0.6) is 5.75 Å². The molecule has 33 heavy (non-hydrogen) atoms. The number of benzene rings is 3. The van der Waals surface area contributed by atoms with Gasteiger partial charge in [0.15, 0.2) is 0 Å². The molecule has 0 spiro atoms. The number of para-hydroxylation sites is 2. The van der Waals surface area contributed by atoms with Crippen LogP contribution in [0.1, 0.15) is 15.9 Å². The van der Waals surface area contributed by atoms with Crippen molar-refractivity contribution in [3.05, 3.63) is 88.7 Å². The minimum Gasteiger partial charge on any atom is -0.495 e. The lowest BCUT2D eigenvalue weighted by Gasteiger charge is -2.13. The van der Waals surface area contributed by atoms with Gasteiger partial charge in [0.1, 0.15) is 16.5 Å². The molecule has 0 heterocycles. The van der Waals surface area contributed by atoms with E-state index in [1.54, 1.807) is 24.3 Å². The van der Waals surface area contributed by atoms with Gasteiger partial charge < -0.3 is 4.74 Å². The first-order chi connectivity index (χ1) is 15.7. The van der Waals surface area contributed by atoms with Crippen LogP contribution in [0.3, 0.4) is 0 Å². The second kappa shape index (κ2) is 10.3. The second-order valence-electron chi connectivity index (χ2n) is 6.76. The van der Waals surface area contributed by atoms with E-state index in [9.17, 15) is 22.4 Å². The summed E-state index contributed by atoms with van der Waals surface area (Å²) in [5.74, 6) is -1.55. The molecule has 0 aliphatic heterocycles. The van der Waals surface area contributed by atoms with Gasteiger partial charge in [-0.3, -0.25) is 25.2 Å². The van der Waals surface area contributed by atoms with Gasteiger partial charge in [0.25, 0.3) is 15.9 Å². The number of halogens is 2. The third-order valence-corrected chi connectivity index (χ3v) is 6.25. The van der Waals surface area contributed by atoms with E-state index in [0.717, 1.165) is 6.07 Å². The van der Waals surface area contributed by atoms with E-state index in [4.69, 9.17) is 16.3 Å². The molecule has 0 bridgehead atoms. The Hall–Kier alpha value is -3.63. The molecule has 0 aliphatic carbocycles. The highest BCUT2D eigenvalue weighted by molar-refractivity contribution is 7.92. The minimum absolute atomic E-state index is 0.0640. The predicted octanol–water partition coefficient (Wildman–Crippen LogP) is 3.29. The van der Waals surface area contributed by atoms with E-state index in [1.807, 2.05) is 0 Å². The number of ether oxygens (including phenoxy) is 1. The number of methoxy groups -OCH3 is 1. The van der Waals surface area contributed by atoms with Crippen molar-refractivity contribution in [3.8, 4) is 5.75 Å². The van der Waals surface area contributed by atoms with Gasteiger partial charge in [0.05, 0.1) is 24.2 Å². The maximum Gasteiger partial charge on any atom is 0.269 e. The van der Waals surface area contributed by atoms with Crippen LogP contribution in [-0.4, -0.2) is 27.3 Å². The molecule has 3 rings (SSSR count). The molecule has 0 fully saturated rings. The van der Waals surface area contributed by atoms with Crippen molar-refractivity contribution in [2.45, 2.75) is 11.3 Å². The number of rotatable bonds is 7. The largest absolute Gasteiger partial charge is 0.495 e. The first kappa shape index (κ1) is 24.0. The number of amides is 2. The summed E-state index contributed by atoms with van der Waals surface area (Å²) in [6.45, 7) is 0. The highest BCUT2D eigenvalue weighted by Crippen LogP contribution is 2.29. The van der Waals surface area contributed by atoms with Gasteiger partial charge in [-0.2, -0.15) is 0 Å². The Kier molecular flexibility index (Phi) is 7.52. The molecular formula is C22H19ClFN3O5S. The average molecular weight is 492 g/mol. The summed E-state index contributed by atoms with van der Waals surface area (Å²) in [5.41, 5.74) is 4.94. The van der Waals surface area contributed by atoms with E-state index in [1.165, 1.54) is 43.5 Å². The number of hydrogen-bond donors (Lipinski definition) is 3. The number of sulfonamides is 1. The van der Waals surface area contributed by atoms with E-state index >= 15 is 0 Å². The third-order valence-electron chi connectivity index (χ3n) is 4.40. The number of carbonyl (C=O) groups excluding carboxylic acids is 2. The van der Waals surface area contributed by atoms with Crippen molar-refractivity contribution in [3.63, 3.8) is 0 Å². The van der Waals surface area contributed by atoms with Gasteiger partial charge in [0.2, 0.25) is 5.91 Å². The van der Waals surface area contributed by atoms with Crippen molar-refractivity contribution in [1.29, 1.82) is 0 Å². The molecule has 0 unspecified atom stereocenters. The smallest absolute Gasteiger partial charge is 0.269 e. The highest BCUT2D eigenvalue weighted by atomic mass is 35.5. The molecule has 172 valence electrons. The van der Waals surface area contributed by atoms with Crippen molar-refractivity contribution >= 4 is 39.1 Å². The molecule has 3 aromatic carbocycles. The van der Waals surface area contributed by atoms with Crippen LogP contribution in [0, 0.1) is 5.82 Å². The van der Waals surface area contributed by atoms with Crippen LogP contribution < -0.4 is 20.3 Å². The molecule has 3 N–H and O–H groups in total. The number of nitrogens with one attached hydrogen (secondary N) is 3. The van der Waals surface area contributed by atoms with Gasteiger partial charge in [0, 0.05) is 5.56 Å². The molecule has 0 saturated heterocycles. The van der Waals surface area contributed by atoms with E-state index < -0.39 is 27.7 Å². The highest BCUT2D eigenvalue weighted by Gasteiger charge is 2.22. The summed E-state index contributed by atoms with van der Waals surface area (Å²) in [4.78, 5) is 24.1. The molecule has 0 aromatic heterocycles. The van der Waals surface area contributed by atoms with Gasteiger partial charge in [-0.15, -0.1) is 0 Å². The fourth-order valence-electron chi connectivity index (χ4n) is 2.85. The molecule has 0 radical (unpaired) electrons. The molecule has 0 atom stereocenters. The summed E-state index contributed by atoms with van der Waals surface area (Å²) in [6, 6.07) is 15.5. The van der Waals surface area contributed by atoms with E-state index in [2.05, 4.69) is 15.6 Å². The Morgan fingerprint density at radius 1 is 1.00 bits per heavy atom. The quantitative estimate of drug-likeness (QED) is 0.439. The standard InChI is InChI=1S/C22H19ClFN3O5S/c1-32-19-8-3-2-7-18(19)27-33(30,31)20-13-15(9-10-17(20)23)22(29)26-25-21(28)12-14-5-4-6-16(24)11-14/h2-11,13,27H,12H2,1H3,(H,25,28)(H,26,29). The van der Waals surface area contributed by atoms with Crippen LogP contribution in [0.25, 0.3) is 0 Å². The third kappa shape index (κ3) is 6.21. The summed E-state index contributed by atoms with van der Waals surface area (Å²) in [7, 11) is -2.78. The van der Waals surface area contributed by atoms with Gasteiger partial charge in [-0.05, 0) is 48.0 Å². The minimum atomic E-state index is -4.17. The lowest BCUT2D eigenvalue weighted by molar-refractivity contribution is -0.121. The Morgan fingerprint density at radius 2 is 1.76 bits per heavy atom. The zero-order chi connectivity index (χ0) is 24.0. The fourth-order valence-corrected chi connectivity index (χ4v) is 4.45. The lowest BCUT2D eigenvalue weighted by atomic mass is 10.1.